The highest BCUT2D eigenvalue weighted by Gasteiger charge is 2.37. The van der Waals surface area contributed by atoms with Crippen molar-refractivity contribution in [3.8, 4) is 0 Å². The Morgan fingerprint density at radius 2 is 1.87 bits per heavy atom. The first kappa shape index (κ1) is 16.4. The number of hydrogen-bond donors (Lipinski definition) is 2. The van der Waals surface area contributed by atoms with Gasteiger partial charge in [0.1, 0.15) is 0 Å². The van der Waals surface area contributed by atoms with Crippen molar-refractivity contribution in [3.63, 3.8) is 0 Å². The largest absolute Gasteiger partial charge is 0.352 e. The summed E-state index contributed by atoms with van der Waals surface area (Å²) in [5.74, 6) is 1.38. The Hall–Kier alpha value is -1.43. The second-order valence-corrected chi connectivity index (χ2v) is 7.04. The topological polar surface area (TPSA) is 80.0 Å². The van der Waals surface area contributed by atoms with Crippen LogP contribution in [0.15, 0.2) is 4.52 Å². The molecule has 0 saturated heterocycles. The van der Waals surface area contributed by atoms with Crippen LogP contribution in [0.4, 0.5) is 0 Å². The highest BCUT2D eigenvalue weighted by molar-refractivity contribution is 5.78. The van der Waals surface area contributed by atoms with Gasteiger partial charge in [-0.2, -0.15) is 4.98 Å². The van der Waals surface area contributed by atoms with Crippen LogP contribution >= 0.6 is 0 Å². The van der Waals surface area contributed by atoms with E-state index in [9.17, 15) is 4.79 Å². The first-order chi connectivity index (χ1) is 11.2. The summed E-state index contributed by atoms with van der Waals surface area (Å²) in [7, 11) is 0. The summed E-state index contributed by atoms with van der Waals surface area (Å²) in [6.45, 7) is 2.14. The normalized spacial score (nSPS) is 22.0. The van der Waals surface area contributed by atoms with Crippen molar-refractivity contribution in [1.82, 2.24) is 20.8 Å². The minimum atomic E-state index is -0.318. The summed E-state index contributed by atoms with van der Waals surface area (Å²) in [5, 5.41) is 10.8. The summed E-state index contributed by atoms with van der Waals surface area (Å²) in [6, 6.07) is 0.363. The summed E-state index contributed by atoms with van der Waals surface area (Å²) in [5.41, 5.74) is -0.318. The monoisotopic (exact) mass is 320 g/mol. The number of rotatable bonds is 5. The van der Waals surface area contributed by atoms with Gasteiger partial charge in [0, 0.05) is 13.0 Å². The molecular formula is C17H28N4O2. The number of carbonyl (C=O) groups excluding carboxylic acids is 1. The van der Waals surface area contributed by atoms with Gasteiger partial charge in [0.25, 0.3) is 0 Å². The number of aromatic nitrogens is 2. The van der Waals surface area contributed by atoms with Crippen molar-refractivity contribution in [1.29, 1.82) is 0 Å². The van der Waals surface area contributed by atoms with Crippen molar-refractivity contribution in [2.24, 2.45) is 0 Å². The molecule has 1 aromatic rings. The molecule has 0 spiro atoms. The quantitative estimate of drug-likeness (QED) is 0.815. The average molecular weight is 320 g/mol. The van der Waals surface area contributed by atoms with E-state index in [4.69, 9.17) is 4.52 Å². The molecule has 128 valence electrons. The fraction of sp³-hybridized carbons (Fsp3) is 0.824. The zero-order chi connectivity index (χ0) is 16.1. The second kappa shape index (κ2) is 7.43. The number of carbonyl (C=O) groups is 1. The Balaban J connectivity index is 1.64. The smallest absolute Gasteiger partial charge is 0.234 e. The predicted molar refractivity (Wildman–Crippen MR) is 86.8 cm³/mol. The maximum absolute atomic E-state index is 12.3. The van der Waals surface area contributed by atoms with Crippen LogP contribution in [0.25, 0.3) is 0 Å². The molecule has 2 saturated carbocycles. The fourth-order valence-electron chi connectivity index (χ4n) is 3.90. The van der Waals surface area contributed by atoms with Crippen LogP contribution < -0.4 is 10.6 Å². The summed E-state index contributed by atoms with van der Waals surface area (Å²) in [6.07, 6.45) is 11.3. The van der Waals surface area contributed by atoms with Gasteiger partial charge in [0.2, 0.25) is 11.8 Å². The number of hydrogen-bond acceptors (Lipinski definition) is 5. The van der Waals surface area contributed by atoms with Crippen molar-refractivity contribution in [3.05, 3.63) is 11.7 Å². The van der Waals surface area contributed by atoms with Gasteiger partial charge in [-0.15, -0.1) is 0 Å². The van der Waals surface area contributed by atoms with Crippen molar-refractivity contribution in [2.45, 2.75) is 82.7 Å². The molecule has 0 aliphatic heterocycles. The van der Waals surface area contributed by atoms with E-state index >= 15 is 0 Å². The third-order valence-corrected chi connectivity index (χ3v) is 5.22. The van der Waals surface area contributed by atoms with Crippen LogP contribution in [-0.4, -0.2) is 28.6 Å². The fourth-order valence-corrected chi connectivity index (χ4v) is 3.90. The highest BCUT2D eigenvalue weighted by Crippen LogP contribution is 2.34. The number of amides is 1. The molecule has 6 heteroatoms. The molecule has 0 bridgehead atoms. The van der Waals surface area contributed by atoms with Crippen LogP contribution in [0.3, 0.4) is 0 Å². The van der Waals surface area contributed by atoms with Gasteiger partial charge in [-0.1, -0.05) is 43.7 Å². The van der Waals surface area contributed by atoms with Crippen LogP contribution in [0, 0.1) is 6.92 Å². The lowest BCUT2D eigenvalue weighted by molar-refractivity contribution is -0.121. The van der Waals surface area contributed by atoms with Gasteiger partial charge in [0.15, 0.2) is 5.82 Å². The van der Waals surface area contributed by atoms with Gasteiger partial charge in [0.05, 0.1) is 12.1 Å². The van der Waals surface area contributed by atoms with Crippen LogP contribution in [0.2, 0.25) is 0 Å². The number of nitrogens with one attached hydrogen (secondary N) is 2. The lowest BCUT2D eigenvalue weighted by Crippen LogP contribution is -2.49. The van der Waals surface area contributed by atoms with Crippen LogP contribution in [-0.2, 0) is 10.3 Å². The Labute approximate surface area is 137 Å². The molecule has 0 radical (unpaired) electrons. The molecule has 0 atom stereocenters. The number of nitrogens with zero attached hydrogens (tertiary/aromatic N) is 2. The van der Waals surface area contributed by atoms with Gasteiger partial charge in [-0.25, -0.2) is 0 Å². The van der Waals surface area contributed by atoms with E-state index in [1.54, 1.807) is 0 Å². The molecule has 23 heavy (non-hydrogen) atoms. The number of aryl methyl sites for hydroxylation is 1. The lowest BCUT2D eigenvalue weighted by Gasteiger charge is -2.30. The van der Waals surface area contributed by atoms with E-state index in [0.717, 1.165) is 38.5 Å². The summed E-state index contributed by atoms with van der Waals surface area (Å²) in [4.78, 5) is 16.7. The molecule has 1 aromatic heterocycles. The van der Waals surface area contributed by atoms with E-state index in [1.165, 1.54) is 25.7 Å². The molecule has 3 rings (SSSR count). The van der Waals surface area contributed by atoms with Crippen LogP contribution in [0.1, 0.15) is 75.9 Å². The predicted octanol–water partition coefficient (Wildman–Crippen LogP) is 2.58. The second-order valence-electron chi connectivity index (χ2n) is 7.04. The Morgan fingerprint density at radius 1 is 1.17 bits per heavy atom. The molecule has 0 unspecified atom stereocenters. The van der Waals surface area contributed by atoms with E-state index in [0.29, 0.717) is 24.3 Å². The summed E-state index contributed by atoms with van der Waals surface area (Å²) < 4.78 is 5.20. The van der Waals surface area contributed by atoms with Gasteiger partial charge in [-0.05, 0) is 25.7 Å². The van der Waals surface area contributed by atoms with Gasteiger partial charge >= 0.3 is 0 Å². The van der Waals surface area contributed by atoms with Crippen LogP contribution in [0.5, 0.6) is 0 Å². The Bertz CT molecular complexity index is 514. The van der Waals surface area contributed by atoms with E-state index in [2.05, 4.69) is 20.8 Å². The Morgan fingerprint density at radius 3 is 2.48 bits per heavy atom. The molecule has 2 aliphatic rings. The third kappa shape index (κ3) is 4.10. The first-order valence-corrected chi connectivity index (χ1v) is 9.03. The standard InChI is InChI=1S/C17H28N4O2/c1-13-19-16(21-23-13)17(10-6-2-3-7-11-17)18-12-15(22)20-14-8-4-5-9-14/h14,18H,2-12H2,1H3,(H,20,22). The van der Waals surface area contributed by atoms with Crippen molar-refractivity contribution >= 4 is 5.91 Å². The van der Waals surface area contributed by atoms with E-state index in [-0.39, 0.29) is 11.4 Å². The molecule has 2 N–H and O–H groups in total. The molecular weight excluding hydrogens is 292 g/mol. The molecule has 1 amide bonds. The zero-order valence-corrected chi connectivity index (χ0v) is 14.1. The van der Waals surface area contributed by atoms with Gasteiger partial charge < -0.3 is 9.84 Å². The lowest BCUT2D eigenvalue weighted by atomic mass is 9.89. The van der Waals surface area contributed by atoms with E-state index < -0.39 is 0 Å². The third-order valence-electron chi connectivity index (χ3n) is 5.22. The molecule has 2 fully saturated rings. The maximum atomic E-state index is 12.3. The SMILES string of the molecule is Cc1nc(C2(NCC(=O)NC3CCCC3)CCCCCC2)no1. The zero-order valence-electron chi connectivity index (χ0n) is 14.1. The average Bonchev–Trinajstić information content (AvgIpc) is 3.13. The summed E-state index contributed by atoms with van der Waals surface area (Å²) >= 11 is 0. The van der Waals surface area contributed by atoms with E-state index in [1.807, 2.05) is 6.92 Å². The van der Waals surface area contributed by atoms with Crippen molar-refractivity contribution in [2.75, 3.05) is 6.54 Å². The molecule has 6 nitrogen and oxygen atoms in total. The Kier molecular flexibility index (Phi) is 5.30. The highest BCUT2D eigenvalue weighted by atomic mass is 16.5. The molecule has 1 heterocycles. The first-order valence-electron chi connectivity index (χ1n) is 9.03. The minimum absolute atomic E-state index is 0.0840. The minimum Gasteiger partial charge on any atom is -0.352 e. The van der Waals surface area contributed by atoms with Crippen molar-refractivity contribution < 1.29 is 9.32 Å². The molecule has 2 aliphatic carbocycles. The van der Waals surface area contributed by atoms with Gasteiger partial charge in [-0.3, -0.25) is 10.1 Å². The maximum Gasteiger partial charge on any atom is 0.234 e. The molecule has 0 aromatic carbocycles.